The SMILES string of the molecule is COc1ccc2c(c1)C(=O)NC(=O)/C2=C/N1CCCCC1. The second-order valence-corrected chi connectivity index (χ2v) is 5.33. The first-order valence-electron chi connectivity index (χ1n) is 7.19. The molecule has 0 aromatic heterocycles. The summed E-state index contributed by atoms with van der Waals surface area (Å²) in [6.07, 6.45) is 5.39. The van der Waals surface area contributed by atoms with Crippen molar-refractivity contribution in [1.29, 1.82) is 0 Å². The van der Waals surface area contributed by atoms with Gasteiger partial charge in [0.25, 0.3) is 11.8 Å². The lowest BCUT2D eigenvalue weighted by Gasteiger charge is -2.27. The topological polar surface area (TPSA) is 58.6 Å². The molecule has 0 spiro atoms. The molecule has 5 heteroatoms. The van der Waals surface area contributed by atoms with Gasteiger partial charge in [0.15, 0.2) is 0 Å². The Morgan fingerprint density at radius 3 is 2.57 bits per heavy atom. The fourth-order valence-corrected chi connectivity index (χ4v) is 2.79. The minimum Gasteiger partial charge on any atom is -0.497 e. The van der Waals surface area contributed by atoms with Gasteiger partial charge in [0, 0.05) is 24.9 Å². The maximum Gasteiger partial charge on any atom is 0.260 e. The van der Waals surface area contributed by atoms with Crippen molar-refractivity contribution < 1.29 is 14.3 Å². The van der Waals surface area contributed by atoms with E-state index < -0.39 is 0 Å². The van der Waals surface area contributed by atoms with Crippen molar-refractivity contribution >= 4 is 17.4 Å². The second kappa shape index (κ2) is 5.60. The van der Waals surface area contributed by atoms with E-state index in [1.54, 1.807) is 25.3 Å². The molecule has 5 nitrogen and oxygen atoms in total. The van der Waals surface area contributed by atoms with Crippen molar-refractivity contribution in [3.05, 3.63) is 35.5 Å². The van der Waals surface area contributed by atoms with Gasteiger partial charge < -0.3 is 9.64 Å². The van der Waals surface area contributed by atoms with Crippen molar-refractivity contribution in [3.8, 4) is 5.75 Å². The molecule has 0 bridgehead atoms. The highest BCUT2D eigenvalue weighted by Crippen LogP contribution is 2.28. The molecule has 0 saturated carbocycles. The molecule has 1 saturated heterocycles. The molecule has 0 radical (unpaired) electrons. The highest BCUT2D eigenvalue weighted by atomic mass is 16.5. The largest absolute Gasteiger partial charge is 0.497 e. The van der Waals surface area contributed by atoms with Crippen LogP contribution in [0.5, 0.6) is 5.75 Å². The maximum absolute atomic E-state index is 12.1. The van der Waals surface area contributed by atoms with Crippen LogP contribution in [0.4, 0.5) is 0 Å². The number of carbonyl (C=O) groups is 2. The Morgan fingerprint density at radius 2 is 1.86 bits per heavy atom. The van der Waals surface area contributed by atoms with E-state index in [0.29, 0.717) is 22.4 Å². The summed E-state index contributed by atoms with van der Waals surface area (Å²) in [6.45, 7) is 1.91. The number of nitrogens with one attached hydrogen (secondary N) is 1. The zero-order valence-electron chi connectivity index (χ0n) is 12.0. The van der Waals surface area contributed by atoms with Crippen molar-refractivity contribution in [3.63, 3.8) is 0 Å². The van der Waals surface area contributed by atoms with E-state index in [9.17, 15) is 9.59 Å². The van der Waals surface area contributed by atoms with Crippen molar-refractivity contribution in [2.75, 3.05) is 20.2 Å². The Morgan fingerprint density at radius 1 is 1.10 bits per heavy atom. The summed E-state index contributed by atoms with van der Waals surface area (Å²) in [5, 5.41) is 2.40. The number of carbonyl (C=O) groups excluding carboxylic acids is 2. The molecule has 0 atom stereocenters. The predicted octanol–water partition coefficient (Wildman–Crippen LogP) is 1.79. The minimum absolute atomic E-state index is 0.330. The average Bonchev–Trinajstić information content (AvgIpc) is 2.52. The van der Waals surface area contributed by atoms with E-state index in [1.165, 1.54) is 6.42 Å². The van der Waals surface area contributed by atoms with Gasteiger partial charge in [-0.25, -0.2) is 0 Å². The number of ether oxygens (including phenoxy) is 1. The Bertz CT molecular complexity index is 616. The Hall–Kier alpha value is -2.30. The number of likely N-dealkylation sites (tertiary alicyclic amines) is 1. The number of fused-ring (bicyclic) bond motifs is 1. The molecule has 1 aromatic rings. The Balaban J connectivity index is 2.01. The summed E-state index contributed by atoms with van der Waals surface area (Å²) in [4.78, 5) is 26.3. The highest BCUT2D eigenvalue weighted by molar-refractivity contribution is 6.31. The molecule has 21 heavy (non-hydrogen) atoms. The van der Waals surface area contributed by atoms with Crippen LogP contribution in [0.25, 0.3) is 5.57 Å². The molecule has 3 rings (SSSR count). The third-order valence-electron chi connectivity index (χ3n) is 3.94. The average molecular weight is 286 g/mol. The van der Waals surface area contributed by atoms with Gasteiger partial charge in [0.1, 0.15) is 5.75 Å². The number of rotatable bonds is 2. The highest BCUT2D eigenvalue weighted by Gasteiger charge is 2.28. The number of benzene rings is 1. The summed E-state index contributed by atoms with van der Waals surface area (Å²) in [5.74, 6) is -0.0940. The molecule has 0 unspecified atom stereocenters. The first-order valence-corrected chi connectivity index (χ1v) is 7.19. The van der Waals surface area contributed by atoms with Crippen LogP contribution in [0.1, 0.15) is 35.2 Å². The van der Waals surface area contributed by atoms with Crippen molar-refractivity contribution in [1.82, 2.24) is 10.2 Å². The fraction of sp³-hybridized carbons (Fsp3) is 0.375. The molecule has 1 aromatic carbocycles. The van der Waals surface area contributed by atoms with Gasteiger partial charge in [0.05, 0.1) is 18.2 Å². The van der Waals surface area contributed by atoms with Crippen molar-refractivity contribution in [2.24, 2.45) is 0 Å². The van der Waals surface area contributed by atoms with Gasteiger partial charge >= 0.3 is 0 Å². The van der Waals surface area contributed by atoms with Crippen LogP contribution in [-0.2, 0) is 4.79 Å². The Kier molecular flexibility index (Phi) is 3.64. The summed E-state index contributed by atoms with van der Waals surface area (Å²) in [6, 6.07) is 5.22. The van der Waals surface area contributed by atoms with Gasteiger partial charge in [-0.15, -0.1) is 0 Å². The number of methoxy groups -OCH3 is 1. The molecule has 0 aliphatic carbocycles. The van der Waals surface area contributed by atoms with E-state index in [-0.39, 0.29) is 11.8 Å². The number of amides is 2. The van der Waals surface area contributed by atoms with E-state index in [0.717, 1.165) is 25.9 Å². The lowest BCUT2D eigenvalue weighted by Crippen LogP contribution is -2.37. The summed E-state index contributed by atoms with van der Waals surface area (Å²) in [7, 11) is 1.55. The standard InChI is InChI=1S/C16H18N2O3/c1-21-11-5-6-12-13(9-11)15(19)17-16(20)14(12)10-18-7-3-2-4-8-18/h5-6,9-10H,2-4,7-8H2,1H3,(H,17,19,20)/b14-10+. The first kappa shape index (κ1) is 13.7. The lowest BCUT2D eigenvalue weighted by molar-refractivity contribution is -0.114. The van der Waals surface area contributed by atoms with Crippen LogP contribution in [0.3, 0.4) is 0 Å². The molecule has 2 aliphatic rings. The number of hydrogen-bond donors (Lipinski definition) is 1. The van der Waals surface area contributed by atoms with Crippen LogP contribution in [0.2, 0.25) is 0 Å². The summed E-state index contributed by atoms with van der Waals surface area (Å²) in [5.41, 5.74) is 1.71. The predicted molar refractivity (Wildman–Crippen MR) is 78.9 cm³/mol. The van der Waals surface area contributed by atoms with Crippen LogP contribution in [-0.4, -0.2) is 36.9 Å². The molecule has 2 amide bonds. The number of nitrogens with zero attached hydrogens (tertiary/aromatic N) is 1. The van der Waals surface area contributed by atoms with Gasteiger partial charge in [-0.05, 0) is 37.5 Å². The summed E-state index contributed by atoms with van der Waals surface area (Å²) < 4.78 is 5.15. The number of piperidine rings is 1. The molecular weight excluding hydrogens is 268 g/mol. The summed E-state index contributed by atoms with van der Waals surface area (Å²) >= 11 is 0. The van der Waals surface area contributed by atoms with Crippen molar-refractivity contribution in [2.45, 2.75) is 19.3 Å². The van der Waals surface area contributed by atoms with Gasteiger partial charge in [-0.2, -0.15) is 0 Å². The van der Waals surface area contributed by atoms with Crippen LogP contribution in [0.15, 0.2) is 24.4 Å². The molecule has 2 heterocycles. The van der Waals surface area contributed by atoms with Gasteiger partial charge in [-0.3, -0.25) is 14.9 Å². The molecule has 2 aliphatic heterocycles. The van der Waals surface area contributed by atoms with Gasteiger partial charge in [0.2, 0.25) is 0 Å². The molecular formula is C16H18N2O3. The normalized spacial score (nSPS) is 20.2. The monoisotopic (exact) mass is 286 g/mol. The lowest BCUT2D eigenvalue weighted by atomic mass is 9.95. The molecule has 110 valence electrons. The third kappa shape index (κ3) is 2.63. The zero-order valence-corrected chi connectivity index (χ0v) is 12.0. The quantitative estimate of drug-likeness (QED) is 0.665. The van der Waals surface area contributed by atoms with E-state index >= 15 is 0 Å². The molecule has 1 N–H and O–H groups in total. The number of hydrogen-bond acceptors (Lipinski definition) is 4. The van der Waals surface area contributed by atoms with E-state index in [4.69, 9.17) is 4.74 Å². The van der Waals surface area contributed by atoms with E-state index in [2.05, 4.69) is 10.2 Å². The minimum atomic E-state index is -0.371. The zero-order chi connectivity index (χ0) is 14.8. The Labute approximate surface area is 123 Å². The van der Waals surface area contributed by atoms with E-state index in [1.807, 2.05) is 6.20 Å². The first-order chi connectivity index (χ1) is 10.2. The van der Waals surface area contributed by atoms with Crippen LogP contribution in [0, 0.1) is 0 Å². The number of imide groups is 1. The fourth-order valence-electron chi connectivity index (χ4n) is 2.79. The maximum atomic E-state index is 12.1. The second-order valence-electron chi connectivity index (χ2n) is 5.33. The van der Waals surface area contributed by atoms with Crippen LogP contribution >= 0.6 is 0 Å². The smallest absolute Gasteiger partial charge is 0.260 e. The molecule has 1 fully saturated rings. The van der Waals surface area contributed by atoms with Crippen LogP contribution < -0.4 is 10.1 Å². The third-order valence-corrected chi connectivity index (χ3v) is 3.94. The van der Waals surface area contributed by atoms with Gasteiger partial charge in [-0.1, -0.05) is 0 Å².